The molecule has 0 fully saturated rings. The molecular weight excluding hydrogens is 336 g/mol. The minimum absolute atomic E-state index is 0.00207. The summed E-state index contributed by atoms with van der Waals surface area (Å²) in [5.41, 5.74) is 1.59. The highest BCUT2D eigenvalue weighted by molar-refractivity contribution is 5.93. The van der Waals surface area contributed by atoms with Crippen molar-refractivity contribution in [2.45, 2.75) is 52.7 Å². The number of benzene rings is 1. The fraction of sp³-hybridized carbons (Fsp3) is 0.444. The largest absolute Gasteiger partial charge is 0.491 e. The zero-order valence-electron chi connectivity index (χ0n) is 15.4. The van der Waals surface area contributed by atoms with Gasteiger partial charge in [-0.2, -0.15) is 0 Å². The van der Waals surface area contributed by atoms with E-state index in [1.165, 1.54) is 0 Å². The average Bonchev–Trinajstić information content (AvgIpc) is 2.95. The number of aliphatic carboxylic acids is 1. The third-order valence-corrected chi connectivity index (χ3v) is 3.73. The van der Waals surface area contributed by atoms with Gasteiger partial charge in [-0.15, -0.1) is 5.10 Å². The number of amides is 1. The highest BCUT2D eigenvalue weighted by atomic mass is 16.5. The van der Waals surface area contributed by atoms with Gasteiger partial charge in [-0.3, -0.25) is 9.59 Å². The molecule has 2 N–H and O–H groups in total. The van der Waals surface area contributed by atoms with E-state index in [4.69, 9.17) is 9.84 Å². The lowest BCUT2D eigenvalue weighted by Crippen LogP contribution is -2.33. The SMILES string of the molecule is Cc1c(C(=O)NC(C)CCC(=O)O)nnn1-c1ccc(OC(C)C)cc1. The second kappa shape index (κ2) is 8.46. The summed E-state index contributed by atoms with van der Waals surface area (Å²) in [6.45, 7) is 7.43. The molecular formula is C18H24N4O4. The summed E-state index contributed by atoms with van der Waals surface area (Å²) in [5.74, 6) is -0.503. The summed E-state index contributed by atoms with van der Waals surface area (Å²) in [5, 5.41) is 19.5. The Labute approximate surface area is 152 Å². The van der Waals surface area contributed by atoms with E-state index in [1.54, 1.807) is 18.5 Å². The highest BCUT2D eigenvalue weighted by Gasteiger charge is 2.19. The Hall–Kier alpha value is -2.90. The van der Waals surface area contributed by atoms with Crippen LogP contribution in [-0.2, 0) is 4.79 Å². The third kappa shape index (κ3) is 5.05. The molecule has 0 radical (unpaired) electrons. The number of rotatable bonds is 8. The van der Waals surface area contributed by atoms with Gasteiger partial charge in [-0.1, -0.05) is 5.21 Å². The lowest BCUT2D eigenvalue weighted by molar-refractivity contribution is -0.137. The Balaban J connectivity index is 2.09. The van der Waals surface area contributed by atoms with E-state index in [1.807, 2.05) is 38.1 Å². The Morgan fingerprint density at radius 2 is 1.88 bits per heavy atom. The normalized spacial score (nSPS) is 12.0. The van der Waals surface area contributed by atoms with Crippen molar-refractivity contribution in [1.29, 1.82) is 0 Å². The molecule has 2 aromatic rings. The molecule has 0 saturated heterocycles. The van der Waals surface area contributed by atoms with Gasteiger partial charge >= 0.3 is 5.97 Å². The molecule has 26 heavy (non-hydrogen) atoms. The van der Waals surface area contributed by atoms with Gasteiger partial charge in [0.15, 0.2) is 5.69 Å². The Kier molecular flexibility index (Phi) is 6.32. The van der Waals surface area contributed by atoms with Gasteiger partial charge in [0, 0.05) is 12.5 Å². The van der Waals surface area contributed by atoms with Crippen molar-refractivity contribution in [2.75, 3.05) is 0 Å². The zero-order chi connectivity index (χ0) is 19.3. The molecule has 0 aliphatic carbocycles. The van der Waals surface area contributed by atoms with Crippen LogP contribution >= 0.6 is 0 Å². The first-order valence-corrected chi connectivity index (χ1v) is 8.50. The lowest BCUT2D eigenvalue weighted by Gasteiger charge is -2.12. The van der Waals surface area contributed by atoms with E-state index >= 15 is 0 Å². The van der Waals surface area contributed by atoms with Crippen LogP contribution in [0.15, 0.2) is 24.3 Å². The molecule has 0 bridgehead atoms. The van der Waals surface area contributed by atoms with Gasteiger partial charge in [0.2, 0.25) is 0 Å². The highest BCUT2D eigenvalue weighted by Crippen LogP contribution is 2.18. The van der Waals surface area contributed by atoms with Crippen LogP contribution in [0.1, 0.15) is 49.8 Å². The molecule has 0 aliphatic rings. The summed E-state index contributed by atoms with van der Waals surface area (Å²) >= 11 is 0. The van der Waals surface area contributed by atoms with E-state index in [0.717, 1.165) is 11.4 Å². The van der Waals surface area contributed by atoms with Crippen LogP contribution in [0.3, 0.4) is 0 Å². The first-order chi connectivity index (χ1) is 12.3. The molecule has 2 rings (SSSR count). The second-order valence-electron chi connectivity index (χ2n) is 6.40. The molecule has 0 aliphatic heterocycles. The fourth-order valence-electron chi connectivity index (χ4n) is 2.43. The van der Waals surface area contributed by atoms with Crippen LogP contribution in [0, 0.1) is 6.92 Å². The number of carbonyl (C=O) groups is 2. The Morgan fingerprint density at radius 1 is 1.23 bits per heavy atom. The lowest BCUT2D eigenvalue weighted by atomic mass is 10.2. The van der Waals surface area contributed by atoms with Crippen molar-refractivity contribution in [3.8, 4) is 11.4 Å². The number of ether oxygens (including phenoxy) is 1. The van der Waals surface area contributed by atoms with E-state index in [-0.39, 0.29) is 30.2 Å². The maximum atomic E-state index is 12.3. The number of aromatic nitrogens is 3. The van der Waals surface area contributed by atoms with Crippen molar-refractivity contribution in [1.82, 2.24) is 20.3 Å². The third-order valence-electron chi connectivity index (χ3n) is 3.73. The first kappa shape index (κ1) is 19.4. The molecule has 140 valence electrons. The van der Waals surface area contributed by atoms with E-state index in [0.29, 0.717) is 12.1 Å². The Morgan fingerprint density at radius 3 is 2.46 bits per heavy atom. The van der Waals surface area contributed by atoms with Gasteiger partial charge in [-0.25, -0.2) is 4.68 Å². The number of carbonyl (C=O) groups excluding carboxylic acids is 1. The number of hydrogen-bond acceptors (Lipinski definition) is 5. The topological polar surface area (TPSA) is 106 Å². The molecule has 1 aromatic carbocycles. The van der Waals surface area contributed by atoms with Crippen LogP contribution < -0.4 is 10.1 Å². The van der Waals surface area contributed by atoms with Gasteiger partial charge < -0.3 is 15.2 Å². The number of nitrogens with one attached hydrogen (secondary N) is 1. The van der Waals surface area contributed by atoms with Crippen LogP contribution in [0.25, 0.3) is 5.69 Å². The minimum atomic E-state index is -0.891. The van der Waals surface area contributed by atoms with Crippen molar-refractivity contribution in [3.63, 3.8) is 0 Å². The average molecular weight is 360 g/mol. The maximum absolute atomic E-state index is 12.3. The molecule has 8 heteroatoms. The van der Waals surface area contributed by atoms with Crippen molar-refractivity contribution < 1.29 is 19.4 Å². The molecule has 1 amide bonds. The summed E-state index contributed by atoms with van der Waals surface area (Å²) in [4.78, 5) is 23.0. The van der Waals surface area contributed by atoms with E-state index in [2.05, 4.69) is 15.6 Å². The van der Waals surface area contributed by atoms with Gasteiger partial charge in [0.25, 0.3) is 5.91 Å². The van der Waals surface area contributed by atoms with Crippen molar-refractivity contribution in [3.05, 3.63) is 35.7 Å². The molecule has 0 spiro atoms. The summed E-state index contributed by atoms with van der Waals surface area (Å²) in [6.07, 6.45) is 0.441. The molecule has 8 nitrogen and oxygen atoms in total. The zero-order valence-corrected chi connectivity index (χ0v) is 15.4. The van der Waals surface area contributed by atoms with Crippen molar-refractivity contribution in [2.24, 2.45) is 0 Å². The summed E-state index contributed by atoms with van der Waals surface area (Å²) < 4.78 is 7.19. The van der Waals surface area contributed by atoms with Gasteiger partial charge in [-0.05, 0) is 58.4 Å². The summed E-state index contributed by atoms with van der Waals surface area (Å²) in [7, 11) is 0. The van der Waals surface area contributed by atoms with E-state index < -0.39 is 5.97 Å². The Bertz CT molecular complexity index is 768. The molecule has 1 aromatic heterocycles. The van der Waals surface area contributed by atoms with Crippen LogP contribution in [0.2, 0.25) is 0 Å². The molecule has 1 heterocycles. The number of hydrogen-bond donors (Lipinski definition) is 2. The number of carboxylic acids is 1. The van der Waals surface area contributed by atoms with Crippen LogP contribution in [0.5, 0.6) is 5.75 Å². The quantitative estimate of drug-likeness (QED) is 0.748. The molecule has 1 unspecified atom stereocenters. The molecule has 1 atom stereocenters. The monoisotopic (exact) mass is 360 g/mol. The van der Waals surface area contributed by atoms with Crippen LogP contribution in [-0.4, -0.2) is 44.1 Å². The smallest absolute Gasteiger partial charge is 0.303 e. The number of nitrogens with zero attached hydrogens (tertiary/aromatic N) is 3. The standard InChI is InChI=1S/C18H24N4O4/c1-11(2)26-15-8-6-14(7-9-15)22-13(4)17(20-21-22)18(25)19-12(3)5-10-16(23)24/h6-9,11-12H,5,10H2,1-4H3,(H,19,25)(H,23,24). The van der Waals surface area contributed by atoms with Crippen molar-refractivity contribution >= 4 is 11.9 Å². The second-order valence-corrected chi connectivity index (χ2v) is 6.40. The maximum Gasteiger partial charge on any atom is 0.303 e. The van der Waals surface area contributed by atoms with E-state index in [9.17, 15) is 9.59 Å². The fourth-order valence-corrected chi connectivity index (χ4v) is 2.43. The predicted octanol–water partition coefficient (Wildman–Crippen LogP) is 2.35. The predicted molar refractivity (Wildman–Crippen MR) is 95.7 cm³/mol. The van der Waals surface area contributed by atoms with Gasteiger partial charge in [0.05, 0.1) is 17.5 Å². The van der Waals surface area contributed by atoms with Gasteiger partial charge in [0.1, 0.15) is 5.75 Å². The summed E-state index contributed by atoms with van der Waals surface area (Å²) in [6, 6.07) is 7.09. The number of carboxylic acid groups (broad SMARTS) is 1. The first-order valence-electron chi connectivity index (χ1n) is 8.50. The van der Waals surface area contributed by atoms with Crippen LogP contribution in [0.4, 0.5) is 0 Å². The minimum Gasteiger partial charge on any atom is -0.491 e. The molecule has 0 saturated carbocycles.